The van der Waals surface area contributed by atoms with Crippen molar-refractivity contribution in [3.8, 4) is 10.7 Å². The molecule has 0 aliphatic carbocycles. The molecule has 0 spiro atoms. The van der Waals surface area contributed by atoms with Gasteiger partial charge in [0.15, 0.2) is 0 Å². The highest BCUT2D eigenvalue weighted by Gasteiger charge is 2.38. The summed E-state index contributed by atoms with van der Waals surface area (Å²) in [6.45, 7) is 5.01. The molecule has 0 atom stereocenters. The number of halogens is 6. The number of carbonyl (C=O) groups is 2. The first-order valence-corrected chi connectivity index (χ1v) is 11.0. The van der Waals surface area contributed by atoms with Gasteiger partial charge in [0.25, 0.3) is 0 Å². The molecule has 0 saturated carbocycles. The Morgan fingerprint density at radius 3 is 1.89 bits per heavy atom. The van der Waals surface area contributed by atoms with Crippen LogP contribution in [0.1, 0.15) is 4.88 Å². The fourth-order valence-electron chi connectivity index (χ4n) is 2.77. The van der Waals surface area contributed by atoms with Crippen LogP contribution in [0.4, 0.5) is 32.3 Å². The van der Waals surface area contributed by atoms with Gasteiger partial charge in [0, 0.05) is 62.4 Å². The fraction of sp³-hybridized carbons (Fsp3) is 0.350. The lowest BCUT2D eigenvalue weighted by atomic mass is 10.3. The van der Waals surface area contributed by atoms with Gasteiger partial charge in [-0.15, -0.1) is 11.3 Å². The number of rotatable bonds is 4. The number of H-pyrrole nitrogens is 1. The van der Waals surface area contributed by atoms with Gasteiger partial charge in [0.1, 0.15) is 5.82 Å². The number of piperazine rings is 1. The minimum atomic E-state index is -5.08. The number of nitrogens with zero attached hydrogens (tertiary/aromatic N) is 5. The Labute approximate surface area is 209 Å². The number of hydrogen-bond donors (Lipinski definition) is 3. The van der Waals surface area contributed by atoms with Gasteiger partial charge in [-0.05, 0) is 18.2 Å². The lowest BCUT2D eigenvalue weighted by Crippen LogP contribution is -2.46. The van der Waals surface area contributed by atoms with Crippen LogP contribution in [0.2, 0.25) is 0 Å². The van der Waals surface area contributed by atoms with Crippen LogP contribution in [0.25, 0.3) is 10.7 Å². The van der Waals surface area contributed by atoms with Gasteiger partial charge in [-0.3, -0.25) is 4.90 Å². The maximum atomic E-state index is 10.6. The van der Waals surface area contributed by atoms with Gasteiger partial charge in [-0.25, -0.2) is 24.5 Å². The molecular weight excluding hydrogens is 534 g/mol. The monoisotopic (exact) mass is 554 g/mol. The van der Waals surface area contributed by atoms with Gasteiger partial charge in [-0.2, -0.15) is 26.3 Å². The third-order valence-corrected chi connectivity index (χ3v) is 5.54. The lowest BCUT2D eigenvalue weighted by molar-refractivity contribution is -0.193. The van der Waals surface area contributed by atoms with E-state index in [1.807, 2.05) is 23.6 Å². The molecule has 3 aromatic heterocycles. The molecule has 17 heteroatoms. The molecule has 0 radical (unpaired) electrons. The van der Waals surface area contributed by atoms with Gasteiger partial charge in [0.2, 0.25) is 5.95 Å². The molecule has 0 bridgehead atoms. The van der Waals surface area contributed by atoms with E-state index in [2.05, 4.69) is 41.9 Å². The minimum absolute atomic E-state index is 0.836. The molecule has 0 aromatic carbocycles. The highest BCUT2D eigenvalue weighted by Crippen LogP contribution is 2.26. The number of aromatic amines is 1. The molecule has 3 N–H and O–H groups in total. The number of carboxylic acids is 2. The van der Waals surface area contributed by atoms with Crippen LogP contribution >= 0.6 is 11.3 Å². The molecule has 1 aliphatic rings. The number of aromatic nitrogens is 4. The third-order valence-electron chi connectivity index (χ3n) is 4.46. The second-order valence-corrected chi connectivity index (χ2v) is 8.29. The SMILES string of the molecule is O=C(O)C(F)(F)F.O=C(O)C(F)(F)F.c1cnc(N2CCN(Cc3ccc(-c4ncc[nH]4)s3)CC2)nc1. The summed E-state index contributed by atoms with van der Waals surface area (Å²) in [5.74, 6) is -3.73. The first kappa shape index (κ1) is 29.5. The van der Waals surface area contributed by atoms with Crippen LogP contribution in [-0.2, 0) is 16.1 Å². The van der Waals surface area contributed by atoms with E-state index in [0.717, 1.165) is 44.5 Å². The Bertz CT molecular complexity index is 1090. The Morgan fingerprint density at radius 2 is 1.43 bits per heavy atom. The molecular formula is C20H20F6N6O4S. The summed E-state index contributed by atoms with van der Waals surface area (Å²) in [6, 6.07) is 6.20. The van der Waals surface area contributed by atoms with E-state index in [1.54, 1.807) is 18.6 Å². The van der Waals surface area contributed by atoms with Crippen LogP contribution in [-0.4, -0.2) is 85.5 Å². The van der Waals surface area contributed by atoms with Crippen LogP contribution in [0.15, 0.2) is 43.0 Å². The quantitative estimate of drug-likeness (QED) is 0.414. The number of imidazole rings is 1. The van der Waals surface area contributed by atoms with E-state index in [4.69, 9.17) is 19.8 Å². The van der Waals surface area contributed by atoms with Crippen molar-refractivity contribution < 1.29 is 46.1 Å². The summed E-state index contributed by atoms with van der Waals surface area (Å²) in [7, 11) is 0. The molecule has 1 saturated heterocycles. The zero-order valence-corrected chi connectivity index (χ0v) is 19.5. The number of thiophene rings is 1. The van der Waals surface area contributed by atoms with Gasteiger partial charge in [0.05, 0.1) is 4.88 Å². The highest BCUT2D eigenvalue weighted by molar-refractivity contribution is 7.15. The largest absolute Gasteiger partial charge is 0.490 e. The number of alkyl halides is 6. The smallest absolute Gasteiger partial charge is 0.475 e. The van der Waals surface area contributed by atoms with Crippen molar-refractivity contribution >= 4 is 29.2 Å². The fourth-order valence-corrected chi connectivity index (χ4v) is 3.78. The zero-order valence-electron chi connectivity index (χ0n) is 18.7. The summed E-state index contributed by atoms with van der Waals surface area (Å²) < 4.78 is 63.5. The summed E-state index contributed by atoms with van der Waals surface area (Å²) in [5, 5.41) is 14.2. The molecule has 1 fully saturated rings. The van der Waals surface area contributed by atoms with Crippen LogP contribution < -0.4 is 4.90 Å². The van der Waals surface area contributed by atoms with Crippen LogP contribution in [0.3, 0.4) is 0 Å². The molecule has 0 unspecified atom stereocenters. The van der Waals surface area contributed by atoms with Gasteiger partial charge in [-0.1, -0.05) is 0 Å². The maximum Gasteiger partial charge on any atom is 0.490 e. The van der Waals surface area contributed by atoms with E-state index >= 15 is 0 Å². The number of nitrogens with one attached hydrogen (secondary N) is 1. The summed E-state index contributed by atoms with van der Waals surface area (Å²) in [6.07, 6.45) is -2.91. The van der Waals surface area contributed by atoms with E-state index in [0.29, 0.717) is 0 Å². The number of carboxylic acid groups (broad SMARTS) is 2. The molecule has 4 heterocycles. The molecule has 3 aromatic rings. The average Bonchev–Trinajstić information content (AvgIpc) is 3.52. The van der Waals surface area contributed by atoms with Crippen molar-refractivity contribution in [3.63, 3.8) is 0 Å². The molecule has 1 aliphatic heterocycles. The number of aliphatic carboxylic acids is 2. The third kappa shape index (κ3) is 10.0. The molecule has 4 rings (SSSR count). The van der Waals surface area contributed by atoms with Gasteiger partial charge < -0.3 is 20.1 Å². The number of hydrogen-bond acceptors (Lipinski definition) is 8. The van der Waals surface area contributed by atoms with E-state index in [1.165, 1.54) is 9.75 Å². The van der Waals surface area contributed by atoms with Crippen molar-refractivity contribution in [1.82, 2.24) is 24.8 Å². The summed E-state index contributed by atoms with van der Waals surface area (Å²) in [5.41, 5.74) is 0. The van der Waals surface area contributed by atoms with Crippen molar-refractivity contribution in [1.29, 1.82) is 0 Å². The lowest BCUT2D eigenvalue weighted by Gasteiger charge is -2.34. The maximum absolute atomic E-state index is 10.6. The molecule has 202 valence electrons. The first-order chi connectivity index (χ1) is 17.3. The average molecular weight is 554 g/mol. The van der Waals surface area contributed by atoms with E-state index in [-0.39, 0.29) is 0 Å². The Balaban J connectivity index is 0.000000286. The Kier molecular flexibility index (Phi) is 10.4. The zero-order chi connectivity index (χ0) is 27.6. The molecule has 0 amide bonds. The molecule has 37 heavy (non-hydrogen) atoms. The second kappa shape index (κ2) is 13.0. The van der Waals surface area contributed by atoms with E-state index in [9.17, 15) is 26.3 Å². The number of anilines is 1. The summed E-state index contributed by atoms with van der Waals surface area (Å²) >= 11 is 1.81. The Hall–Kier alpha value is -3.73. The minimum Gasteiger partial charge on any atom is -0.475 e. The standard InChI is InChI=1S/C16H18N6S.2C2HF3O2/c1-4-19-16(20-5-1)22-10-8-21(9-11-22)12-13-2-3-14(23-13)15-17-6-7-18-15;2*3-2(4,5)1(6)7/h1-7H,8-12H2,(H,17,18);2*(H,6,7). The topological polar surface area (TPSA) is 136 Å². The van der Waals surface area contributed by atoms with Crippen molar-refractivity contribution in [2.75, 3.05) is 31.1 Å². The van der Waals surface area contributed by atoms with Crippen LogP contribution in [0.5, 0.6) is 0 Å². The predicted molar refractivity (Wildman–Crippen MR) is 119 cm³/mol. The van der Waals surface area contributed by atoms with Crippen molar-refractivity contribution in [2.45, 2.75) is 18.9 Å². The van der Waals surface area contributed by atoms with Crippen molar-refractivity contribution in [3.05, 3.63) is 47.9 Å². The predicted octanol–water partition coefficient (Wildman–Crippen LogP) is 3.52. The highest BCUT2D eigenvalue weighted by atomic mass is 32.1. The van der Waals surface area contributed by atoms with E-state index < -0.39 is 24.3 Å². The van der Waals surface area contributed by atoms with Crippen LogP contribution in [0, 0.1) is 0 Å². The Morgan fingerprint density at radius 1 is 0.892 bits per heavy atom. The second-order valence-electron chi connectivity index (χ2n) is 7.12. The normalized spacial score (nSPS) is 14.2. The van der Waals surface area contributed by atoms with Gasteiger partial charge >= 0.3 is 24.3 Å². The molecule has 10 nitrogen and oxygen atoms in total. The van der Waals surface area contributed by atoms with Crippen molar-refractivity contribution in [2.24, 2.45) is 0 Å². The first-order valence-electron chi connectivity index (χ1n) is 10.2. The summed E-state index contributed by atoms with van der Waals surface area (Å²) in [4.78, 5) is 41.2.